The lowest BCUT2D eigenvalue weighted by Crippen LogP contribution is -2.21. The fourth-order valence-corrected chi connectivity index (χ4v) is 2.50. The second-order valence-electron chi connectivity index (χ2n) is 5.03. The van der Waals surface area contributed by atoms with E-state index < -0.39 is 0 Å². The van der Waals surface area contributed by atoms with E-state index in [4.69, 9.17) is 9.47 Å². The van der Waals surface area contributed by atoms with Crippen LogP contribution in [0.4, 0.5) is 0 Å². The Hall–Kier alpha value is -1.06. The molecule has 3 heteroatoms. The zero-order valence-corrected chi connectivity index (χ0v) is 11.9. The summed E-state index contributed by atoms with van der Waals surface area (Å²) in [6.45, 7) is 5.32. The SMILES string of the molecule is CCOc1cccc(CNCCOC2CCCC2)c1. The molecular formula is C16H25NO2. The van der Waals surface area contributed by atoms with E-state index in [1.54, 1.807) is 0 Å². The summed E-state index contributed by atoms with van der Waals surface area (Å²) in [7, 11) is 0. The highest BCUT2D eigenvalue weighted by atomic mass is 16.5. The fraction of sp³-hybridized carbons (Fsp3) is 0.625. The van der Waals surface area contributed by atoms with E-state index in [9.17, 15) is 0 Å². The Morgan fingerprint density at radius 2 is 2.11 bits per heavy atom. The van der Waals surface area contributed by atoms with Gasteiger partial charge in [0.1, 0.15) is 5.75 Å². The molecule has 0 saturated heterocycles. The molecule has 1 fully saturated rings. The molecule has 0 spiro atoms. The Labute approximate surface area is 116 Å². The maximum atomic E-state index is 5.82. The van der Waals surface area contributed by atoms with Crippen LogP contribution in [0.15, 0.2) is 24.3 Å². The molecular weight excluding hydrogens is 238 g/mol. The van der Waals surface area contributed by atoms with Gasteiger partial charge in [-0.1, -0.05) is 25.0 Å². The van der Waals surface area contributed by atoms with Crippen LogP contribution in [-0.2, 0) is 11.3 Å². The van der Waals surface area contributed by atoms with Gasteiger partial charge in [0.05, 0.1) is 19.3 Å². The zero-order chi connectivity index (χ0) is 13.3. The van der Waals surface area contributed by atoms with Gasteiger partial charge in [-0.15, -0.1) is 0 Å². The maximum absolute atomic E-state index is 5.82. The molecule has 0 heterocycles. The van der Waals surface area contributed by atoms with E-state index >= 15 is 0 Å². The molecule has 106 valence electrons. The van der Waals surface area contributed by atoms with Gasteiger partial charge < -0.3 is 14.8 Å². The first kappa shape index (κ1) is 14.4. The largest absolute Gasteiger partial charge is 0.494 e. The summed E-state index contributed by atoms with van der Waals surface area (Å²) in [5, 5.41) is 3.41. The van der Waals surface area contributed by atoms with Gasteiger partial charge >= 0.3 is 0 Å². The Balaban J connectivity index is 1.60. The average Bonchev–Trinajstić information content (AvgIpc) is 2.92. The van der Waals surface area contributed by atoms with Crippen molar-refractivity contribution in [1.29, 1.82) is 0 Å². The molecule has 0 radical (unpaired) electrons. The second-order valence-corrected chi connectivity index (χ2v) is 5.03. The third kappa shape index (κ3) is 5.21. The number of nitrogens with one attached hydrogen (secondary N) is 1. The first-order chi connectivity index (χ1) is 9.38. The minimum absolute atomic E-state index is 0.517. The predicted molar refractivity (Wildman–Crippen MR) is 77.5 cm³/mol. The van der Waals surface area contributed by atoms with Crippen LogP contribution in [0, 0.1) is 0 Å². The fourth-order valence-electron chi connectivity index (χ4n) is 2.50. The van der Waals surface area contributed by atoms with Crippen LogP contribution in [0.25, 0.3) is 0 Å². The molecule has 0 amide bonds. The van der Waals surface area contributed by atoms with Crippen LogP contribution in [0.3, 0.4) is 0 Å². The standard InChI is InChI=1S/C16H25NO2/c1-2-18-16-9-5-6-14(12-16)13-17-10-11-19-15-7-3-4-8-15/h5-6,9,12,15,17H,2-4,7-8,10-11,13H2,1H3. The molecule has 0 aliphatic heterocycles. The van der Waals surface area contributed by atoms with Crippen LogP contribution >= 0.6 is 0 Å². The van der Waals surface area contributed by atoms with Gasteiger partial charge in [0, 0.05) is 13.1 Å². The first-order valence-corrected chi connectivity index (χ1v) is 7.42. The number of ether oxygens (including phenoxy) is 2. The number of hydrogen-bond acceptors (Lipinski definition) is 3. The molecule has 1 aliphatic carbocycles. The van der Waals surface area contributed by atoms with Gasteiger partial charge in [-0.3, -0.25) is 0 Å². The molecule has 1 aliphatic rings. The highest BCUT2D eigenvalue weighted by molar-refractivity contribution is 5.28. The van der Waals surface area contributed by atoms with Crippen molar-refractivity contribution >= 4 is 0 Å². The molecule has 1 aromatic carbocycles. The maximum Gasteiger partial charge on any atom is 0.119 e. The molecule has 3 nitrogen and oxygen atoms in total. The van der Waals surface area contributed by atoms with Gasteiger partial charge in [-0.25, -0.2) is 0 Å². The van der Waals surface area contributed by atoms with Crippen molar-refractivity contribution in [3.05, 3.63) is 29.8 Å². The smallest absolute Gasteiger partial charge is 0.119 e. The molecule has 0 atom stereocenters. The third-order valence-corrected chi connectivity index (χ3v) is 3.47. The summed E-state index contributed by atoms with van der Waals surface area (Å²) in [6.07, 6.45) is 5.68. The normalized spacial score (nSPS) is 15.8. The van der Waals surface area contributed by atoms with E-state index in [2.05, 4.69) is 17.4 Å². The van der Waals surface area contributed by atoms with Gasteiger partial charge in [0.25, 0.3) is 0 Å². The van der Waals surface area contributed by atoms with Crippen LogP contribution in [0.2, 0.25) is 0 Å². The molecule has 2 rings (SSSR count). The van der Waals surface area contributed by atoms with Crippen molar-refractivity contribution in [3.63, 3.8) is 0 Å². The minimum Gasteiger partial charge on any atom is -0.494 e. The molecule has 1 N–H and O–H groups in total. The van der Waals surface area contributed by atoms with Gasteiger partial charge in [-0.05, 0) is 37.5 Å². The van der Waals surface area contributed by atoms with Gasteiger partial charge in [0.2, 0.25) is 0 Å². The summed E-state index contributed by atoms with van der Waals surface area (Å²) in [5.41, 5.74) is 1.26. The topological polar surface area (TPSA) is 30.5 Å². The summed E-state index contributed by atoms with van der Waals surface area (Å²) in [5.74, 6) is 0.948. The number of benzene rings is 1. The summed E-state index contributed by atoms with van der Waals surface area (Å²) >= 11 is 0. The molecule has 1 aromatic rings. The first-order valence-electron chi connectivity index (χ1n) is 7.42. The predicted octanol–water partition coefficient (Wildman–Crippen LogP) is 3.13. The van der Waals surface area contributed by atoms with E-state index in [1.807, 2.05) is 19.1 Å². The lowest BCUT2D eigenvalue weighted by molar-refractivity contribution is 0.0603. The van der Waals surface area contributed by atoms with Crippen molar-refractivity contribution in [2.24, 2.45) is 0 Å². The number of rotatable bonds is 8. The van der Waals surface area contributed by atoms with Crippen molar-refractivity contribution < 1.29 is 9.47 Å². The van der Waals surface area contributed by atoms with E-state index in [0.717, 1.165) is 25.4 Å². The van der Waals surface area contributed by atoms with E-state index in [0.29, 0.717) is 12.7 Å². The lowest BCUT2D eigenvalue weighted by atomic mass is 10.2. The van der Waals surface area contributed by atoms with Crippen LogP contribution < -0.4 is 10.1 Å². The Morgan fingerprint density at radius 3 is 2.89 bits per heavy atom. The van der Waals surface area contributed by atoms with Crippen molar-refractivity contribution in [1.82, 2.24) is 5.32 Å². The third-order valence-electron chi connectivity index (χ3n) is 3.47. The van der Waals surface area contributed by atoms with Crippen molar-refractivity contribution in [3.8, 4) is 5.75 Å². The Kier molecular flexibility index (Phi) is 6.18. The number of hydrogen-bond donors (Lipinski definition) is 1. The molecule has 1 saturated carbocycles. The zero-order valence-electron chi connectivity index (χ0n) is 11.9. The second kappa shape index (κ2) is 8.18. The van der Waals surface area contributed by atoms with Crippen molar-refractivity contribution in [2.45, 2.75) is 45.3 Å². The molecule has 0 unspecified atom stereocenters. The quantitative estimate of drug-likeness (QED) is 0.731. The lowest BCUT2D eigenvalue weighted by Gasteiger charge is -2.11. The van der Waals surface area contributed by atoms with Crippen molar-refractivity contribution in [2.75, 3.05) is 19.8 Å². The van der Waals surface area contributed by atoms with E-state index in [-0.39, 0.29) is 0 Å². The minimum atomic E-state index is 0.517. The Morgan fingerprint density at radius 1 is 1.26 bits per heavy atom. The van der Waals surface area contributed by atoms with Gasteiger partial charge in [-0.2, -0.15) is 0 Å². The molecule has 0 aromatic heterocycles. The monoisotopic (exact) mass is 263 g/mol. The Bertz CT molecular complexity index is 362. The van der Waals surface area contributed by atoms with Gasteiger partial charge in [0.15, 0.2) is 0 Å². The van der Waals surface area contributed by atoms with Crippen LogP contribution in [0.1, 0.15) is 38.2 Å². The summed E-state index contributed by atoms with van der Waals surface area (Å²) in [6, 6.07) is 8.24. The van der Waals surface area contributed by atoms with E-state index in [1.165, 1.54) is 31.2 Å². The molecule has 19 heavy (non-hydrogen) atoms. The van der Waals surface area contributed by atoms with Crippen LogP contribution in [-0.4, -0.2) is 25.9 Å². The molecule has 0 bridgehead atoms. The highest BCUT2D eigenvalue weighted by Gasteiger charge is 2.14. The van der Waals surface area contributed by atoms with Crippen LogP contribution in [0.5, 0.6) is 5.75 Å². The summed E-state index contributed by atoms with van der Waals surface area (Å²) < 4.78 is 11.3. The highest BCUT2D eigenvalue weighted by Crippen LogP contribution is 2.20. The average molecular weight is 263 g/mol. The summed E-state index contributed by atoms with van der Waals surface area (Å²) in [4.78, 5) is 0.